The average molecular weight is 414 g/mol. The van der Waals surface area contributed by atoms with E-state index < -0.39 is 12.1 Å². The third-order valence-corrected chi connectivity index (χ3v) is 4.86. The zero-order valence-corrected chi connectivity index (χ0v) is 17.5. The van der Waals surface area contributed by atoms with Gasteiger partial charge in [0.05, 0.1) is 7.11 Å². The van der Waals surface area contributed by atoms with Crippen LogP contribution < -0.4 is 4.74 Å². The van der Waals surface area contributed by atoms with Gasteiger partial charge in [-0.2, -0.15) is 0 Å². The minimum atomic E-state index is -0.659. The van der Waals surface area contributed by atoms with Crippen LogP contribution in [0, 0.1) is 6.92 Å². The first-order chi connectivity index (χ1) is 15.0. The third kappa shape index (κ3) is 4.80. The summed E-state index contributed by atoms with van der Waals surface area (Å²) in [7, 11) is 1.64. The Bertz CT molecular complexity index is 1240. The smallest absolute Gasteiger partial charge is 0.331 e. The SMILES string of the molecule is COc1ccc2cc(/C=C/C(=O)O[C@H](C)c3nnc(-c4ccc(C)cc4)o3)ccc2c1. The maximum Gasteiger partial charge on any atom is 0.331 e. The summed E-state index contributed by atoms with van der Waals surface area (Å²) in [5.74, 6) is 0.954. The van der Waals surface area contributed by atoms with Crippen LogP contribution in [-0.2, 0) is 9.53 Å². The van der Waals surface area contributed by atoms with E-state index in [-0.39, 0.29) is 5.89 Å². The molecule has 0 radical (unpaired) electrons. The molecule has 4 rings (SSSR count). The monoisotopic (exact) mass is 414 g/mol. The van der Waals surface area contributed by atoms with Crippen molar-refractivity contribution >= 4 is 22.8 Å². The van der Waals surface area contributed by atoms with Crippen molar-refractivity contribution in [2.45, 2.75) is 20.0 Å². The minimum absolute atomic E-state index is 0.247. The lowest BCUT2D eigenvalue weighted by Crippen LogP contribution is -2.06. The molecule has 1 aromatic heterocycles. The highest BCUT2D eigenvalue weighted by Crippen LogP contribution is 2.24. The first-order valence-electron chi connectivity index (χ1n) is 9.89. The molecular weight excluding hydrogens is 392 g/mol. The lowest BCUT2D eigenvalue weighted by atomic mass is 10.1. The van der Waals surface area contributed by atoms with E-state index >= 15 is 0 Å². The molecule has 0 bridgehead atoms. The second kappa shape index (κ2) is 8.83. The molecule has 1 heterocycles. The Morgan fingerprint density at radius 1 is 1.00 bits per heavy atom. The Morgan fingerprint density at radius 3 is 2.52 bits per heavy atom. The molecule has 0 aliphatic heterocycles. The van der Waals surface area contributed by atoms with Gasteiger partial charge >= 0.3 is 5.97 Å². The number of benzene rings is 3. The maximum atomic E-state index is 12.2. The van der Waals surface area contributed by atoms with Crippen LogP contribution in [-0.4, -0.2) is 23.3 Å². The van der Waals surface area contributed by atoms with Crippen molar-refractivity contribution in [3.63, 3.8) is 0 Å². The Hall–Kier alpha value is -3.93. The molecular formula is C25H22N2O4. The van der Waals surface area contributed by atoms with Gasteiger partial charge in [-0.3, -0.25) is 0 Å². The average Bonchev–Trinajstić information content (AvgIpc) is 3.28. The Kier molecular flexibility index (Phi) is 5.80. The molecule has 0 N–H and O–H groups in total. The number of fused-ring (bicyclic) bond motifs is 1. The molecule has 6 nitrogen and oxygen atoms in total. The highest BCUT2D eigenvalue weighted by atomic mass is 16.6. The first-order valence-corrected chi connectivity index (χ1v) is 9.89. The van der Waals surface area contributed by atoms with Crippen molar-refractivity contribution in [3.05, 3.63) is 83.8 Å². The van der Waals surface area contributed by atoms with E-state index in [1.165, 1.54) is 6.08 Å². The van der Waals surface area contributed by atoms with Gasteiger partial charge in [0.1, 0.15) is 5.75 Å². The van der Waals surface area contributed by atoms with Gasteiger partial charge in [0.25, 0.3) is 5.89 Å². The maximum absolute atomic E-state index is 12.2. The van der Waals surface area contributed by atoms with Crippen molar-refractivity contribution < 1.29 is 18.7 Å². The largest absolute Gasteiger partial charge is 0.497 e. The summed E-state index contributed by atoms with van der Waals surface area (Å²) < 4.78 is 16.3. The summed E-state index contributed by atoms with van der Waals surface area (Å²) in [5.41, 5.74) is 2.85. The molecule has 0 fully saturated rings. The normalized spacial score (nSPS) is 12.2. The third-order valence-electron chi connectivity index (χ3n) is 4.86. The van der Waals surface area contributed by atoms with E-state index in [1.54, 1.807) is 20.1 Å². The van der Waals surface area contributed by atoms with Gasteiger partial charge in [-0.1, -0.05) is 35.9 Å². The predicted molar refractivity (Wildman–Crippen MR) is 119 cm³/mol. The molecule has 0 spiro atoms. The van der Waals surface area contributed by atoms with Gasteiger partial charge in [0.2, 0.25) is 5.89 Å². The molecule has 3 aromatic carbocycles. The van der Waals surface area contributed by atoms with Gasteiger partial charge in [-0.15, -0.1) is 10.2 Å². The molecule has 0 saturated carbocycles. The summed E-state index contributed by atoms with van der Waals surface area (Å²) in [6, 6.07) is 19.5. The van der Waals surface area contributed by atoms with E-state index in [0.29, 0.717) is 5.89 Å². The van der Waals surface area contributed by atoms with E-state index in [1.807, 2.05) is 67.6 Å². The van der Waals surface area contributed by atoms with Crippen LogP contribution in [0.15, 0.2) is 71.2 Å². The fourth-order valence-corrected chi connectivity index (χ4v) is 3.11. The molecule has 31 heavy (non-hydrogen) atoms. The minimum Gasteiger partial charge on any atom is -0.497 e. The van der Waals surface area contributed by atoms with Crippen LogP contribution in [0.1, 0.15) is 30.0 Å². The van der Waals surface area contributed by atoms with Gasteiger partial charge in [-0.05, 0) is 66.6 Å². The number of hydrogen-bond donors (Lipinski definition) is 0. The molecule has 156 valence electrons. The summed E-state index contributed by atoms with van der Waals surface area (Å²) in [5, 5.41) is 10.2. The van der Waals surface area contributed by atoms with Gasteiger partial charge in [0, 0.05) is 11.6 Å². The zero-order chi connectivity index (χ0) is 21.8. The fourth-order valence-electron chi connectivity index (χ4n) is 3.11. The molecule has 0 aliphatic carbocycles. The number of methoxy groups -OCH3 is 1. The Morgan fingerprint density at radius 2 is 1.74 bits per heavy atom. The van der Waals surface area contributed by atoms with Crippen molar-refractivity contribution in [1.29, 1.82) is 0 Å². The molecule has 0 unspecified atom stereocenters. The predicted octanol–water partition coefficient (Wildman–Crippen LogP) is 5.52. The van der Waals surface area contributed by atoms with Crippen molar-refractivity contribution in [2.24, 2.45) is 0 Å². The van der Waals surface area contributed by atoms with E-state index in [0.717, 1.165) is 33.2 Å². The van der Waals surface area contributed by atoms with E-state index in [4.69, 9.17) is 13.9 Å². The number of aryl methyl sites for hydroxylation is 1. The highest BCUT2D eigenvalue weighted by molar-refractivity contribution is 5.90. The number of nitrogens with zero attached hydrogens (tertiary/aromatic N) is 2. The number of rotatable bonds is 6. The summed E-state index contributed by atoms with van der Waals surface area (Å²) in [6.07, 6.45) is 2.44. The van der Waals surface area contributed by atoms with Crippen LogP contribution in [0.5, 0.6) is 5.75 Å². The number of esters is 1. The molecule has 4 aromatic rings. The molecule has 0 saturated heterocycles. The van der Waals surface area contributed by atoms with Crippen LogP contribution in [0.4, 0.5) is 0 Å². The molecule has 0 amide bonds. The molecule has 1 atom stereocenters. The fraction of sp³-hybridized carbons (Fsp3) is 0.160. The van der Waals surface area contributed by atoms with Gasteiger partial charge in [0.15, 0.2) is 6.10 Å². The lowest BCUT2D eigenvalue weighted by molar-refractivity contribution is -0.143. The van der Waals surface area contributed by atoms with Gasteiger partial charge < -0.3 is 13.9 Å². The summed E-state index contributed by atoms with van der Waals surface area (Å²) in [4.78, 5) is 12.2. The second-order valence-corrected chi connectivity index (χ2v) is 7.20. The standard InChI is InChI=1S/C25H22N2O4/c1-16-4-8-19(9-5-16)25-27-26-24(31-25)17(2)30-23(28)13-7-18-6-10-21-15-22(29-3)12-11-20(21)14-18/h4-15,17H,1-3H3/b13-7+/t17-/m1/s1. The van der Waals surface area contributed by atoms with Crippen molar-refractivity contribution in [2.75, 3.05) is 7.11 Å². The van der Waals surface area contributed by atoms with Gasteiger partial charge in [-0.25, -0.2) is 4.79 Å². The Balaban J connectivity index is 1.40. The molecule has 0 aliphatic rings. The number of ether oxygens (including phenoxy) is 2. The summed E-state index contributed by atoms with van der Waals surface area (Å²) in [6.45, 7) is 3.70. The zero-order valence-electron chi connectivity index (χ0n) is 17.5. The van der Waals surface area contributed by atoms with Crippen LogP contribution >= 0.6 is 0 Å². The number of aromatic nitrogens is 2. The van der Waals surface area contributed by atoms with Crippen molar-refractivity contribution in [3.8, 4) is 17.2 Å². The summed E-state index contributed by atoms with van der Waals surface area (Å²) >= 11 is 0. The second-order valence-electron chi connectivity index (χ2n) is 7.20. The highest BCUT2D eigenvalue weighted by Gasteiger charge is 2.18. The van der Waals surface area contributed by atoms with Crippen LogP contribution in [0.2, 0.25) is 0 Å². The Labute approximate surface area is 180 Å². The lowest BCUT2D eigenvalue weighted by Gasteiger charge is -2.07. The molecule has 6 heteroatoms. The van der Waals surface area contributed by atoms with Crippen molar-refractivity contribution in [1.82, 2.24) is 10.2 Å². The topological polar surface area (TPSA) is 74.5 Å². The van der Waals surface area contributed by atoms with Crippen LogP contribution in [0.3, 0.4) is 0 Å². The number of carbonyl (C=O) groups is 1. The van der Waals surface area contributed by atoms with E-state index in [9.17, 15) is 4.79 Å². The first kappa shape index (κ1) is 20.3. The number of hydrogen-bond acceptors (Lipinski definition) is 6. The van der Waals surface area contributed by atoms with Crippen LogP contribution in [0.25, 0.3) is 28.3 Å². The van der Waals surface area contributed by atoms with E-state index in [2.05, 4.69) is 10.2 Å². The quantitative estimate of drug-likeness (QED) is 0.305. The number of carbonyl (C=O) groups excluding carboxylic acids is 1.